The Bertz CT molecular complexity index is 2480. The minimum absolute atomic E-state index is 0.140. The van der Waals surface area contributed by atoms with Crippen molar-refractivity contribution in [1.82, 2.24) is 20.1 Å². The van der Waals surface area contributed by atoms with E-state index in [0.29, 0.717) is 46.9 Å². The molecule has 0 aliphatic carbocycles. The van der Waals surface area contributed by atoms with Gasteiger partial charge in [0.15, 0.2) is 5.65 Å². The standard InChI is InChI=1S/C48H46F2N8O2/c1-57-21-23-58(24-22-57)39-17-18-40(41(30-39)52-37-19-25-60-26-20-37)47(59)54-46-43-44(42(31-51-45(43)55-56-46)53-38-28-35(49)27-36(50)29-38)48(32-11-5-2-6-12-32,33-13-7-3-8-14-33)34-15-9-4-10-16-34/h2-18,27-31,37,52-53H,19-26H2,1H3,(H2,51,54,55,56,59). The number of anilines is 5. The Balaban J connectivity index is 1.24. The van der Waals surface area contributed by atoms with E-state index in [0.717, 1.165) is 73.2 Å². The molecular weight excluding hydrogens is 759 g/mol. The van der Waals surface area contributed by atoms with Crippen LogP contribution in [0, 0.1) is 11.6 Å². The minimum Gasteiger partial charge on any atom is -0.381 e. The summed E-state index contributed by atoms with van der Waals surface area (Å²) in [6.07, 6.45) is 3.28. The molecule has 2 aromatic heterocycles. The van der Waals surface area contributed by atoms with Crippen LogP contribution in [-0.2, 0) is 10.2 Å². The number of hydrogen-bond acceptors (Lipinski definition) is 8. The number of rotatable bonds is 11. The first kappa shape index (κ1) is 38.9. The Hall–Kier alpha value is -6.63. The van der Waals surface area contributed by atoms with Gasteiger partial charge in [0.05, 0.1) is 28.2 Å². The maximum atomic E-state index is 14.8. The van der Waals surface area contributed by atoms with Gasteiger partial charge >= 0.3 is 0 Å². The number of benzene rings is 5. The Kier molecular flexibility index (Phi) is 11.0. The third kappa shape index (κ3) is 7.67. The molecule has 0 atom stereocenters. The molecule has 10 nitrogen and oxygen atoms in total. The fourth-order valence-corrected chi connectivity index (χ4v) is 8.69. The van der Waals surface area contributed by atoms with Crippen LogP contribution in [0.3, 0.4) is 0 Å². The number of likely N-dealkylation sites (N-methyl/N-ethyl adjacent to an activating group) is 1. The van der Waals surface area contributed by atoms with E-state index < -0.39 is 17.0 Å². The number of nitrogens with zero attached hydrogens (tertiary/aromatic N) is 4. The lowest BCUT2D eigenvalue weighted by molar-refractivity contribution is 0.0904. The van der Waals surface area contributed by atoms with Gasteiger partial charge in [0.25, 0.3) is 5.91 Å². The normalized spacial score (nSPS) is 15.2. The molecular formula is C48H46F2N8O2. The van der Waals surface area contributed by atoms with Gasteiger partial charge in [-0.05, 0) is 66.9 Å². The molecule has 0 radical (unpaired) electrons. The van der Waals surface area contributed by atoms with Gasteiger partial charge in [-0.3, -0.25) is 9.89 Å². The average molecular weight is 805 g/mol. The number of H-pyrrole nitrogens is 1. The molecule has 4 heterocycles. The zero-order chi connectivity index (χ0) is 41.1. The maximum Gasteiger partial charge on any atom is 0.258 e. The summed E-state index contributed by atoms with van der Waals surface area (Å²) in [6.45, 7) is 4.99. The monoisotopic (exact) mass is 804 g/mol. The van der Waals surface area contributed by atoms with E-state index in [1.54, 1.807) is 6.20 Å². The summed E-state index contributed by atoms with van der Waals surface area (Å²) in [4.78, 5) is 24.2. The van der Waals surface area contributed by atoms with Gasteiger partial charge in [-0.15, -0.1) is 0 Å². The van der Waals surface area contributed by atoms with Crippen molar-refractivity contribution in [3.05, 3.63) is 173 Å². The van der Waals surface area contributed by atoms with Crippen molar-refractivity contribution >= 4 is 45.5 Å². The fraction of sp³-hybridized carbons (Fsp3) is 0.229. The van der Waals surface area contributed by atoms with Crippen LogP contribution in [0.4, 0.5) is 37.3 Å². The first-order chi connectivity index (χ1) is 29.4. The predicted octanol–water partition coefficient (Wildman–Crippen LogP) is 8.96. The van der Waals surface area contributed by atoms with E-state index in [9.17, 15) is 13.6 Å². The van der Waals surface area contributed by atoms with Gasteiger partial charge in [-0.2, -0.15) is 5.10 Å². The molecule has 0 saturated carbocycles. The Labute approximate surface area is 347 Å². The number of carbonyl (C=O) groups excluding carboxylic acids is 1. The highest BCUT2D eigenvalue weighted by Gasteiger charge is 2.43. The topological polar surface area (TPSA) is 110 Å². The maximum absolute atomic E-state index is 14.8. The molecule has 7 aromatic rings. The summed E-state index contributed by atoms with van der Waals surface area (Å²) in [5.74, 6) is -1.48. The number of hydrogen-bond donors (Lipinski definition) is 4. The highest BCUT2D eigenvalue weighted by molar-refractivity contribution is 6.12. The number of nitrogens with one attached hydrogen (secondary N) is 4. The van der Waals surface area contributed by atoms with Gasteiger partial charge in [-0.1, -0.05) is 91.0 Å². The Morgan fingerprint density at radius 3 is 1.97 bits per heavy atom. The van der Waals surface area contributed by atoms with Crippen LogP contribution in [-0.4, -0.2) is 78.5 Å². The number of fused-ring (bicyclic) bond motifs is 1. The number of amides is 1. The molecule has 2 aliphatic heterocycles. The fourth-order valence-electron chi connectivity index (χ4n) is 8.69. The van der Waals surface area contributed by atoms with E-state index in [1.807, 2.05) is 66.7 Å². The number of aromatic nitrogens is 3. The summed E-state index contributed by atoms with van der Waals surface area (Å²) < 4.78 is 35.2. The van der Waals surface area contributed by atoms with Crippen molar-refractivity contribution in [3.63, 3.8) is 0 Å². The van der Waals surface area contributed by atoms with Crippen LogP contribution in [0.25, 0.3) is 11.0 Å². The number of piperazine rings is 1. The third-order valence-corrected chi connectivity index (χ3v) is 11.7. The largest absolute Gasteiger partial charge is 0.381 e. The first-order valence-electron chi connectivity index (χ1n) is 20.4. The quantitative estimate of drug-likeness (QED) is 0.0961. The van der Waals surface area contributed by atoms with Crippen LogP contribution in [0.1, 0.15) is 45.5 Å². The molecule has 5 aromatic carbocycles. The first-order valence-corrected chi connectivity index (χ1v) is 20.4. The lowest BCUT2D eigenvalue weighted by Gasteiger charge is -2.38. The summed E-state index contributed by atoms with van der Waals surface area (Å²) >= 11 is 0. The van der Waals surface area contributed by atoms with Crippen molar-refractivity contribution < 1.29 is 18.3 Å². The van der Waals surface area contributed by atoms with E-state index in [4.69, 9.17) is 9.72 Å². The lowest BCUT2D eigenvalue weighted by atomic mass is 9.64. The summed E-state index contributed by atoms with van der Waals surface area (Å²) in [7, 11) is 2.13. The summed E-state index contributed by atoms with van der Waals surface area (Å²) in [5.41, 5.74) is 5.55. The van der Waals surface area contributed by atoms with Crippen molar-refractivity contribution in [2.45, 2.75) is 24.3 Å². The second-order valence-electron chi connectivity index (χ2n) is 15.5. The molecule has 12 heteroatoms. The molecule has 0 spiro atoms. The zero-order valence-corrected chi connectivity index (χ0v) is 33.3. The predicted molar refractivity (Wildman–Crippen MR) is 233 cm³/mol. The molecule has 4 N–H and O–H groups in total. The number of ether oxygens (including phenoxy) is 1. The summed E-state index contributed by atoms with van der Waals surface area (Å²) in [5, 5.41) is 18.5. The van der Waals surface area contributed by atoms with E-state index in [-0.39, 0.29) is 17.6 Å². The van der Waals surface area contributed by atoms with Gasteiger partial charge in [0.1, 0.15) is 17.5 Å². The second-order valence-corrected chi connectivity index (χ2v) is 15.5. The molecule has 304 valence electrons. The average Bonchev–Trinajstić information content (AvgIpc) is 3.68. The molecule has 9 rings (SSSR count). The SMILES string of the molecule is CN1CCN(c2ccc(C(=O)Nc3[nH]nc4ncc(Nc5cc(F)cc(F)c5)c(C(c5ccccc5)(c5ccccc5)c5ccccc5)c34)c(NC3CCOCC3)c2)CC1. The third-order valence-electron chi connectivity index (χ3n) is 11.7. The zero-order valence-electron chi connectivity index (χ0n) is 33.3. The van der Waals surface area contributed by atoms with Crippen LogP contribution < -0.4 is 20.9 Å². The lowest BCUT2D eigenvalue weighted by Crippen LogP contribution is -2.44. The number of carbonyl (C=O) groups is 1. The molecule has 2 saturated heterocycles. The van der Waals surface area contributed by atoms with Crippen LogP contribution in [0.15, 0.2) is 134 Å². The van der Waals surface area contributed by atoms with Crippen LogP contribution in [0.2, 0.25) is 0 Å². The van der Waals surface area contributed by atoms with Gasteiger partial charge in [-0.25, -0.2) is 13.8 Å². The van der Waals surface area contributed by atoms with Crippen molar-refractivity contribution in [2.24, 2.45) is 0 Å². The smallest absolute Gasteiger partial charge is 0.258 e. The Morgan fingerprint density at radius 2 is 1.37 bits per heavy atom. The van der Waals surface area contributed by atoms with Crippen LogP contribution in [0.5, 0.6) is 0 Å². The highest BCUT2D eigenvalue weighted by Crippen LogP contribution is 2.51. The molecule has 60 heavy (non-hydrogen) atoms. The van der Waals surface area contributed by atoms with E-state index in [2.05, 4.69) is 85.5 Å². The van der Waals surface area contributed by atoms with Gasteiger partial charge in [0, 0.05) is 74.1 Å². The van der Waals surface area contributed by atoms with Gasteiger partial charge in [0.2, 0.25) is 0 Å². The molecule has 2 fully saturated rings. The minimum atomic E-state index is -1.08. The summed E-state index contributed by atoms with van der Waals surface area (Å²) in [6, 6.07) is 39.6. The van der Waals surface area contributed by atoms with Gasteiger partial charge < -0.3 is 30.5 Å². The van der Waals surface area contributed by atoms with E-state index in [1.165, 1.54) is 12.1 Å². The number of pyridine rings is 1. The van der Waals surface area contributed by atoms with E-state index >= 15 is 0 Å². The Morgan fingerprint density at radius 1 is 0.767 bits per heavy atom. The van der Waals surface area contributed by atoms with Crippen molar-refractivity contribution in [3.8, 4) is 0 Å². The number of halogens is 2. The van der Waals surface area contributed by atoms with Crippen LogP contribution >= 0.6 is 0 Å². The molecule has 2 aliphatic rings. The second kappa shape index (κ2) is 16.9. The number of aromatic amines is 1. The molecule has 0 bridgehead atoms. The molecule has 1 amide bonds. The molecule has 0 unspecified atom stereocenters. The van der Waals surface area contributed by atoms with Crippen molar-refractivity contribution in [2.75, 3.05) is 67.3 Å². The highest BCUT2D eigenvalue weighted by atomic mass is 19.1. The van der Waals surface area contributed by atoms with Crippen molar-refractivity contribution in [1.29, 1.82) is 0 Å².